The van der Waals surface area contributed by atoms with Crippen LogP contribution in [0.25, 0.3) is 10.8 Å². The Hall–Kier alpha value is -3.18. The SMILES string of the molecule is CC(=NNC(=O)CNC(=O)c1ccc(Cl)cc1)c1ccc2ccccc2c1. The molecule has 0 saturated heterocycles. The Labute approximate surface area is 162 Å². The molecule has 2 amide bonds. The molecule has 0 fully saturated rings. The highest BCUT2D eigenvalue weighted by Gasteiger charge is 2.08. The highest BCUT2D eigenvalue weighted by atomic mass is 35.5. The van der Waals surface area contributed by atoms with Crippen molar-refractivity contribution in [1.29, 1.82) is 0 Å². The molecule has 0 aromatic heterocycles. The summed E-state index contributed by atoms with van der Waals surface area (Å²) in [5.41, 5.74) is 4.49. The minimum atomic E-state index is -0.405. The van der Waals surface area contributed by atoms with Gasteiger partial charge in [0.1, 0.15) is 0 Å². The third-order valence-corrected chi connectivity index (χ3v) is 4.28. The quantitative estimate of drug-likeness (QED) is 0.523. The number of halogens is 1. The molecule has 3 aromatic rings. The molecule has 0 radical (unpaired) electrons. The van der Waals surface area contributed by atoms with Crippen LogP contribution in [0, 0.1) is 0 Å². The number of amides is 2. The minimum Gasteiger partial charge on any atom is -0.343 e. The van der Waals surface area contributed by atoms with Crippen molar-refractivity contribution in [2.24, 2.45) is 5.10 Å². The Balaban J connectivity index is 1.56. The van der Waals surface area contributed by atoms with Gasteiger partial charge in [0, 0.05) is 10.6 Å². The summed E-state index contributed by atoms with van der Waals surface area (Å²) in [5, 5.41) is 9.44. The Kier molecular flexibility index (Phi) is 5.84. The second kappa shape index (κ2) is 8.47. The van der Waals surface area contributed by atoms with E-state index >= 15 is 0 Å². The monoisotopic (exact) mass is 379 g/mol. The molecule has 0 spiro atoms. The van der Waals surface area contributed by atoms with Crippen molar-refractivity contribution in [3.8, 4) is 0 Å². The summed E-state index contributed by atoms with van der Waals surface area (Å²) in [7, 11) is 0. The van der Waals surface area contributed by atoms with E-state index in [9.17, 15) is 9.59 Å². The number of rotatable bonds is 5. The van der Waals surface area contributed by atoms with Crippen molar-refractivity contribution in [2.75, 3.05) is 6.54 Å². The zero-order chi connectivity index (χ0) is 19.2. The lowest BCUT2D eigenvalue weighted by Gasteiger charge is -2.06. The first-order valence-electron chi connectivity index (χ1n) is 8.39. The van der Waals surface area contributed by atoms with Crippen molar-refractivity contribution >= 4 is 39.9 Å². The number of nitrogens with one attached hydrogen (secondary N) is 2. The summed E-state index contributed by atoms with van der Waals surface area (Å²) < 4.78 is 0. The average molecular weight is 380 g/mol. The summed E-state index contributed by atoms with van der Waals surface area (Å²) in [6, 6.07) is 20.4. The molecule has 2 N–H and O–H groups in total. The van der Waals surface area contributed by atoms with Gasteiger partial charge in [0.05, 0.1) is 12.3 Å². The van der Waals surface area contributed by atoms with Crippen LogP contribution in [-0.2, 0) is 4.79 Å². The third-order valence-electron chi connectivity index (χ3n) is 4.03. The Morgan fingerprint density at radius 3 is 2.33 bits per heavy atom. The van der Waals surface area contributed by atoms with E-state index < -0.39 is 5.91 Å². The van der Waals surface area contributed by atoms with Crippen LogP contribution in [0.1, 0.15) is 22.8 Å². The van der Waals surface area contributed by atoms with E-state index in [1.54, 1.807) is 24.3 Å². The van der Waals surface area contributed by atoms with Crippen LogP contribution >= 0.6 is 11.6 Å². The number of nitrogens with zero attached hydrogens (tertiary/aromatic N) is 1. The van der Waals surface area contributed by atoms with Gasteiger partial charge in [-0.2, -0.15) is 5.10 Å². The van der Waals surface area contributed by atoms with Crippen LogP contribution in [0.15, 0.2) is 71.8 Å². The largest absolute Gasteiger partial charge is 0.343 e. The Bertz CT molecular complexity index is 1010. The number of hydrogen-bond acceptors (Lipinski definition) is 3. The third kappa shape index (κ3) is 4.92. The molecule has 6 heteroatoms. The second-order valence-corrected chi connectivity index (χ2v) is 6.42. The van der Waals surface area contributed by atoms with Crippen molar-refractivity contribution in [3.05, 3.63) is 82.9 Å². The van der Waals surface area contributed by atoms with Gasteiger partial charge in [-0.05, 0) is 53.6 Å². The van der Waals surface area contributed by atoms with E-state index in [0.717, 1.165) is 16.3 Å². The first-order valence-corrected chi connectivity index (χ1v) is 8.77. The molecule has 0 bridgehead atoms. The highest BCUT2D eigenvalue weighted by molar-refractivity contribution is 6.30. The average Bonchev–Trinajstić information content (AvgIpc) is 2.70. The molecule has 136 valence electrons. The van der Waals surface area contributed by atoms with Crippen molar-refractivity contribution < 1.29 is 9.59 Å². The molecule has 5 nitrogen and oxygen atoms in total. The first kappa shape index (κ1) is 18.6. The highest BCUT2D eigenvalue weighted by Crippen LogP contribution is 2.16. The van der Waals surface area contributed by atoms with Gasteiger partial charge in [-0.3, -0.25) is 9.59 Å². The molecular weight excluding hydrogens is 362 g/mol. The zero-order valence-electron chi connectivity index (χ0n) is 14.7. The molecule has 0 aliphatic rings. The van der Waals surface area contributed by atoms with Crippen LogP contribution in [-0.4, -0.2) is 24.1 Å². The van der Waals surface area contributed by atoms with Gasteiger partial charge in [0.15, 0.2) is 0 Å². The van der Waals surface area contributed by atoms with Gasteiger partial charge >= 0.3 is 0 Å². The fourth-order valence-corrected chi connectivity index (χ4v) is 2.65. The molecule has 0 saturated carbocycles. The molecule has 0 unspecified atom stereocenters. The maximum atomic E-state index is 12.0. The predicted octanol–water partition coefficient (Wildman–Crippen LogP) is 3.76. The molecule has 3 aromatic carbocycles. The molecule has 0 aliphatic heterocycles. The smallest absolute Gasteiger partial charge is 0.259 e. The number of carbonyl (C=O) groups excluding carboxylic acids is 2. The number of fused-ring (bicyclic) bond motifs is 1. The van der Waals surface area contributed by atoms with E-state index in [1.807, 2.05) is 49.4 Å². The summed E-state index contributed by atoms with van der Waals surface area (Å²) in [6.45, 7) is 1.65. The number of hydrogen-bond donors (Lipinski definition) is 2. The number of hydrazone groups is 1. The number of benzene rings is 3. The molecule has 0 heterocycles. The van der Waals surface area contributed by atoms with Crippen LogP contribution in [0.2, 0.25) is 5.02 Å². The van der Waals surface area contributed by atoms with Crippen molar-refractivity contribution in [1.82, 2.24) is 10.7 Å². The van der Waals surface area contributed by atoms with Crippen molar-refractivity contribution in [2.45, 2.75) is 6.92 Å². The summed E-state index contributed by atoms with van der Waals surface area (Å²) in [6.07, 6.45) is 0. The van der Waals surface area contributed by atoms with E-state index in [1.165, 1.54) is 0 Å². The van der Waals surface area contributed by atoms with Gasteiger partial charge < -0.3 is 5.32 Å². The molecule has 0 atom stereocenters. The summed E-state index contributed by atoms with van der Waals surface area (Å²) in [4.78, 5) is 23.9. The molecule has 3 rings (SSSR count). The van der Waals surface area contributed by atoms with Crippen LogP contribution in [0.5, 0.6) is 0 Å². The lowest BCUT2D eigenvalue weighted by molar-refractivity contribution is -0.120. The fraction of sp³-hybridized carbons (Fsp3) is 0.0952. The maximum Gasteiger partial charge on any atom is 0.259 e. The topological polar surface area (TPSA) is 70.6 Å². The van der Waals surface area contributed by atoms with Gasteiger partial charge in [-0.25, -0.2) is 5.43 Å². The van der Waals surface area contributed by atoms with Gasteiger partial charge in [-0.15, -0.1) is 0 Å². The molecule has 0 aliphatic carbocycles. The Morgan fingerprint density at radius 2 is 1.59 bits per heavy atom. The second-order valence-electron chi connectivity index (χ2n) is 5.98. The van der Waals surface area contributed by atoms with Gasteiger partial charge in [-0.1, -0.05) is 48.0 Å². The lowest BCUT2D eigenvalue weighted by atomic mass is 10.0. The normalized spacial score (nSPS) is 11.3. The first-order chi connectivity index (χ1) is 13.0. The number of carbonyl (C=O) groups is 2. The van der Waals surface area contributed by atoms with E-state index in [4.69, 9.17) is 11.6 Å². The van der Waals surface area contributed by atoms with Gasteiger partial charge in [0.25, 0.3) is 11.8 Å². The van der Waals surface area contributed by atoms with E-state index in [0.29, 0.717) is 16.3 Å². The molecule has 27 heavy (non-hydrogen) atoms. The minimum absolute atomic E-state index is 0.171. The fourth-order valence-electron chi connectivity index (χ4n) is 2.53. The lowest BCUT2D eigenvalue weighted by Crippen LogP contribution is -2.35. The van der Waals surface area contributed by atoms with Crippen LogP contribution in [0.3, 0.4) is 0 Å². The van der Waals surface area contributed by atoms with Crippen molar-refractivity contribution in [3.63, 3.8) is 0 Å². The van der Waals surface area contributed by atoms with E-state index in [-0.39, 0.29) is 12.5 Å². The summed E-state index contributed by atoms with van der Waals surface area (Å²) in [5.74, 6) is -0.755. The van der Waals surface area contributed by atoms with E-state index in [2.05, 4.69) is 15.8 Å². The molecular formula is C21H18ClN3O2. The van der Waals surface area contributed by atoms with Gasteiger partial charge in [0.2, 0.25) is 0 Å². The maximum absolute atomic E-state index is 12.0. The zero-order valence-corrected chi connectivity index (χ0v) is 15.5. The van der Waals surface area contributed by atoms with Crippen LogP contribution in [0.4, 0.5) is 0 Å². The van der Waals surface area contributed by atoms with Crippen LogP contribution < -0.4 is 10.7 Å². The standard InChI is InChI=1S/C21H18ClN3O2/c1-14(17-7-6-15-4-2-3-5-18(15)12-17)24-25-20(26)13-23-21(27)16-8-10-19(22)11-9-16/h2-12H,13H2,1H3,(H,23,27)(H,25,26). The summed E-state index contributed by atoms with van der Waals surface area (Å²) >= 11 is 5.79. The predicted molar refractivity (Wildman–Crippen MR) is 108 cm³/mol. The Morgan fingerprint density at radius 1 is 0.926 bits per heavy atom.